The lowest BCUT2D eigenvalue weighted by atomic mass is 9.96. The summed E-state index contributed by atoms with van der Waals surface area (Å²) in [6.45, 7) is 3.88. The molecule has 0 saturated heterocycles. The van der Waals surface area contributed by atoms with Crippen LogP contribution in [0, 0.1) is 6.92 Å². The molecule has 1 atom stereocenters. The van der Waals surface area contributed by atoms with E-state index in [4.69, 9.17) is 5.11 Å². The van der Waals surface area contributed by atoms with Gasteiger partial charge in [0.1, 0.15) is 0 Å². The van der Waals surface area contributed by atoms with Gasteiger partial charge >= 0.3 is 5.97 Å². The van der Waals surface area contributed by atoms with Crippen molar-refractivity contribution in [1.29, 1.82) is 0 Å². The number of carboxylic acid groups (broad SMARTS) is 1. The lowest BCUT2D eigenvalue weighted by molar-refractivity contribution is -0.138. The largest absolute Gasteiger partial charge is 0.481 e. The molecule has 0 radical (unpaired) electrons. The van der Waals surface area contributed by atoms with Crippen molar-refractivity contribution in [3.05, 3.63) is 35.4 Å². The lowest BCUT2D eigenvalue weighted by Gasteiger charge is -2.09. The number of carboxylic acids is 1. The van der Waals surface area contributed by atoms with Gasteiger partial charge in [0.2, 0.25) is 0 Å². The Labute approximate surface area is 78.2 Å². The Kier molecular flexibility index (Phi) is 3.07. The summed E-state index contributed by atoms with van der Waals surface area (Å²) >= 11 is 0. The predicted octanol–water partition coefficient (Wildman–Crippen LogP) is 2.57. The Morgan fingerprint density at radius 1 is 1.38 bits per heavy atom. The maximum atomic E-state index is 10.8. The minimum absolute atomic E-state index is 0.361. The van der Waals surface area contributed by atoms with Gasteiger partial charge in [-0.2, -0.15) is 0 Å². The normalized spacial score (nSPS) is 12.5. The molecular formula is C11H14O2. The molecule has 0 aliphatic carbocycles. The van der Waals surface area contributed by atoms with Gasteiger partial charge in [-0.05, 0) is 18.9 Å². The molecule has 70 valence electrons. The molecule has 0 heterocycles. The fourth-order valence-corrected chi connectivity index (χ4v) is 1.35. The number of rotatable bonds is 3. The summed E-state index contributed by atoms with van der Waals surface area (Å²) < 4.78 is 0. The van der Waals surface area contributed by atoms with Crippen LogP contribution < -0.4 is 0 Å². The van der Waals surface area contributed by atoms with Gasteiger partial charge in [0, 0.05) is 0 Å². The fraction of sp³-hybridized carbons (Fsp3) is 0.364. The van der Waals surface area contributed by atoms with E-state index in [-0.39, 0.29) is 5.92 Å². The molecule has 1 aromatic rings. The third-order valence-corrected chi connectivity index (χ3v) is 2.19. The van der Waals surface area contributed by atoms with Crippen LogP contribution in [0.1, 0.15) is 30.4 Å². The summed E-state index contributed by atoms with van der Waals surface area (Å²) in [6.07, 6.45) is 0.637. The number of aliphatic carboxylic acids is 1. The maximum absolute atomic E-state index is 10.8. The van der Waals surface area contributed by atoms with Gasteiger partial charge in [-0.25, -0.2) is 0 Å². The summed E-state index contributed by atoms with van der Waals surface area (Å²) in [5.74, 6) is -1.10. The van der Waals surface area contributed by atoms with Crippen molar-refractivity contribution in [2.45, 2.75) is 26.2 Å². The number of carbonyl (C=O) groups is 1. The van der Waals surface area contributed by atoms with Gasteiger partial charge in [-0.1, -0.05) is 36.8 Å². The van der Waals surface area contributed by atoms with E-state index < -0.39 is 5.97 Å². The number of benzene rings is 1. The predicted molar refractivity (Wildman–Crippen MR) is 51.8 cm³/mol. The van der Waals surface area contributed by atoms with Crippen LogP contribution in [-0.2, 0) is 4.79 Å². The summed E-state index contributed by atoms with van der Waals surface area (Å²) in [5.41, 5.74) is 2.05. The average molecular weight is 178 g/mol. The fourth-order valence-electron chi connectivity index (χ4n) is 1.35. The minimum Gasteiger partial charge on any atom is -0.481 e. The Morgan fingerprint density at radius 3 is 2.31 bits per heavy atom. The second-order valence-electron chi connectivity index (χ2n) is 3.21. The Hall–Kier alpha value is -1.31. The zero-order valence-corrected chi connectivity index (χ0v) is 7.95. The first kappa shape index (κ1) is 9.78. The molecule has 0 amide bonds. The van der Waals surface area contributed by atoms with Gasteiger partial charge in [0.15, 0.2) is 0 Å². The SMILES string of the molecule is CC[C@H](C(=O)O)c1ccc(C)cc1. The van der Waals surface area contributed by atoms with Crippen LogP contribution in [0.15, 0.2) is 24.3 Å². The van der Waals surface area contributed by atoms with Crippen molar-refractivity contribution in [3.63, 3.8) is 0 Å². The molecule has 13 heavy (non-hydrogen) atoms. The Balaban J connectivity index is 2.92. The van der Waals surface area contributed by atoms with E-state index in [0.29, 0.717) is 6.42 Å². The molecular weight excluding hydrogens is 164 g/mol. The van der Waals surface area contributed by atoms with Crippen molar-refractivity contribution in [2.24, 2.45) is 0 Å². The van der Waals surface area contributed by atoms with Gasteiger partial charge in [0.05, 0.1) is 5.92 Å². The van der Waals surface area contributed by atoms with E-state index in [1.54, 1.807) is 0 Å². The molecule has 0 fully saturated rings. The van der Waals surface area contributed by atoms with Crippen LogP contribution in [0.25, 0.3) is 0 Å². The van der Waals surface area contributed by atoms with Crippen LogP contribution in [-0.4, -0.2) is 11.1 Å². The van der Waals surface area contributed by atoms with Crippen molar-refractivity contribution >= 4 is 5.97 Å². The number of hydrogen-bond acceptors (Lipinski definition) is 1. The highest BCUT2D eigenvalue weighted by Gasteiger charge is 2.16. The van der Waals surface area contributed by atoms with Gasteiger partial charge < -0.3 is 5.11 Å². The zero-order valence-electron chi connectivity index (χ0n) is 7.95. The first-order chi connectivity index (χ1) is 6.15. The average Bonchev–Trinajstić information content (AvgIpc) is 2.09. The van der Waals surface area contributed by atoms with Gasteiger partial charge in [0.25, 0.3) is 0 Å². The summed E-state index contributed by atoms with van der Waals surface area (Å²) in [5, 5.41) is 8.90. The molecule has 0 aliphatic heterocycles. The van der Waals surface area contributed by atoms with Crippen molar-refractivity contribution < 1.29 is 9.90 Å². The van der Waals surface area contributed by atoms with Crippen LogP contribution >= 0.6 is 0 Å². The molecule has 0 unspecified atom stereocenters. The molecule has 0 saturated carbocycles. The lowest BCUT2D eigenvalue weighted by Crippen LogP contribution is -2.10. The van der Waals surface area contributed by atoms with E-state index in [1.807, 2.05) is 38.1 Å². The Morgan fingerprint density at radius 2 is 1.92 bits per heavy atom. The van der Waals surface area contributed by atoms with Gasteiger partial charge in [-0.15, -0.1) is 0 Å². The summed E-state index contributed by atoms with van der Waals surface area (Å²) in [6, 6.07) is 7.66. The highest BCUT2D eigenvalue weighted by atomic mass is 16.4. The van der Waals surface area contributed by atoms with Crippen LogP contribution in [0.3, 0.4) is 0 Å². The topological polar surface area (TPSA) is 37.3 Å². The molecule has 1 aromatic carbocycles. The molecule has 0 aromatic heterocycles. The van der Waals surface area contributed by atoms with Gasteiger partial charge in [-0.3, -0.25) is 4.79 Å². The van der Waals surface area contributed by atoms with Crippen LogP contribution in [0.5, 0.6) is 0 Å². The standard InChI is InChI=1S/C11H14O2/c1-3-10(11(12)13)9-6-4-8(2)5-7-9/h4-7,10H,3H2,1-2H3,(H,12,13)/t10-/m0/s1. The van der Waals surface area contributed by atoms with Crippen molar-refractivity contribution in [3.8, 4) is 0 Å². The van der Waals surface area contributed by atoms with Crippen molar-refractivity contribution in [1.82, 2.24) is 0 Å². The van der Waals surface area contributed by atoms with Crippen LogP contribution in [0.4, 0.5) is 0 Å². The highest BCUT2D eigenvalue weighted by molar-refractivity contribution is 5.75. The summed E-state index contributed by atoms with van der Waals surface area (Å²) in [7, 11) is 0. The first-order valence-corrected chi connectivity index (χ1v) is 4.44. The molecule has 0 spiro atoms. The molecule has 2 nitrogen and oxygen atoms in total. The second kappa shape index (κ2) is 4.08. The highest BCUT2D eigenvalue weighted by Crippen LogP contribution is 2.19. The molecule has 2 heteroatoms. The smallest absolute Gasteiger partial charge is 0.310 e. The van der Waals surface area contributed by atoms with E-state index >= 15 is 0 Å². The molecule has 0 aliphatic rings. The zero-order chi connectivity index (χ0) is 9.84. The van der Waals surface area contributed by atoms with E-state index in [9.17, 15) is 4.79 Å². The van der Waals surface area contributed by atoms with E-state index in [2.05, 4.69) is 0 Å². The quantitative estimate of drug-likeness (QED) is 0.772. The molecule has 1 N–H and O–H groups in total. The Bertz CT molecular complexity index is 287. The third-order valence-electron chi connectivity index (χ3n) is 2.19. The number of hydrogen-bond donors (Lipinski definition) is 1. The maximum Gasteiger partial charge on any atom is 0.310 e. The van der Waals surface area contributed by atoms with E-state index in [0.717, 1.165) is 11.1 Å². The van der Waals surface area contributed by atoms with Crippen LogP contribution in [0.2, 0.25) is 0 Å². The first-order valence-electron chi connectivity index (χ1n) is 4.44. The molecule has 0 bridgehead atoms. The minimum atomic E-state index is -0.744. The number of aryl methyl sites for hydroxylation is 1. The van der Waals surface area contributed by atoms with Crippen molar-refractivity contribution in [2.75, 3.05) is 0 Å². The third kappa shape index (κ3) is 2.31. The van der Waals surface area contributed by atoms with E-state index in [1.165, 1.54) is 0 Å². The molecule has 1 rings (SSSR count). The monoisotopic (exact) mass is 178 g/mol. The second-order valence-corrected chi connectivity index (χ2v) is 3.21. The summed E-state index contributed by atoms with van der Waals surface area (Å²) in [4.78, 5) is 10.8.